The van der Waals surface area contributed by atoms with E-state index in [0.717, 1.165) is 12.8 Å². The third-order valence-corrected chi connectivity index (χ3v) is 6.44. The van der Waals surface area contributed by atoms with Gasteiger partial charge in [-0.25, -0.2) is 0 Å². The molecule has 5 atom stereocenters. The van der Waals surface area contributed by atoms with Crippen LogP contribution in [0.3, 0.4) is 0 Å². The molecule has 4 heterocycles. The Morgan fingerprint density at radius 1 is 0.792 bits per heavy atom. The van der Waals surface area contributed by atoms with Gasteiger partial charge in [0.15, 0.2) is 5.78 Å². The standard InChI is InChI=1S/C22H23NO/c24-22-17-13-18-11-12-19(14-17)23(18)21(22)20(15-7-3-1-4-8-15)16-9-5-2-6-10-16/h1-10,17-21H,11-14H2/t17?,18-,19+,21?. The lowest BCUT2D eigenvalue weighted by molar-refractivity contribution is -0.142. The second-order valence-electron chi connectivity index (χ2n) is 7.65. The predicted molar refractivity (Wildman–Crippen MR) is 94.9 cm³/mol. The van der Waals surface area contributed by atoms with Crippen LogP contribution < -0.4 is 0 Å². The van der Waals surface area contributed by atoms with E-state index in [1.165, 1.54) is 24.0 Å². The number of rotatable bonds is 3. The van der Waals surface area contributed by atoms with E-state index in [1.54, 1.807) is 0 Å². The fourth-order valence-corrected chi connectivity index (χ4v) is 5.50. The molecular weight excluding hydrogens is 294 g/mol. The first-order chi connectivity index (χ1) is 11.8. The van der Waals surface area contributed by atoms with E-state index in [-0.39, 0.29) is 12.0 Å². The van der Waals surface area contributed by atoms with E-state index in [2.05, 4.69) is 65.6 Å². The SMILES string of the molecule is O=C1C2C[C@H]3CC[C@@H](C2)N3C1C(c1ccccc1)c1ccccc1. The molecule has 0 N–H and O–H groups in total. The highest BCUT2D eigenvalue weighted by atomic mass is 16.1. The highest BCUT2D eigenvalue weighted by Crippen LogP contribution is 2.50. The molecule has 0 aliphatic carbocycles. The summed E-state index contributed by atoms with van der Waals surface area (Å²) in [6.07, 6.45) is 4.76. The molecule has 0 radical (unpaired) electrons. The monoisotopic (exact) mass is 317 g/mol. The lowest BCUT2D eigenvalue weighted by atomic mass is 9.70. The number of fused-ring (bicyclic) bond motifs is 1. The molecule has 2 heteroatoms. The van der Waals surface area contributed by atoms with Crippen molar-refractivity contribution in [2.75, 3.05) is 0 Å². The maximum atomic E-state index is 13.3. The Kier molecular flexibility index (Phi) is 3.34. The summed E-state index contributed by atoms with van der Waals surface area (Å²) in [5.41, 5.74) is 2.54. The number of hydrogen-bond donors (Lipinski definition) is 0. The van der Waals surface area contributed by atoms with E-state index in [9.17, 15) is 4.79 Å². The minimum absolute atomic E-state index is 0.0276. The van der Waals surface area contributed by atoms with Crippen LogP contribution in [-0.2, 0) is 4.79 Å². The molecule has 0 saturated carbocycles. The molecule has 0 spiro atoms. The van der Waals surface area contributed by atoms with Crippen molar-refractivity contribution in [1.29, 1.82) is 0 Å². The predicted octanol–water partition coefficient (Wildman–Crippen LogP) is 4.01. The summed E-state index contributed by atoms with van der Waals surface area (Å²) < 4.78 is 0. The Balaban J connectivity index is 1.63. The zero-order valence-corrected chi connectivity index (χ0v) is 13.8. The molecule has 2 aromatic carbocycles. The maximum absolute atomic E-state index is 13.3. The summed E-state index contributed by atoms with van der Waals surface area (Å²) in [7, 11) is 0. The van der Waals surface area contributed by atoms with E-state index in [4.69, 9.17) is 0 Å². The molecule has 122 valence electrons. The molecule has 3 unspecified atom stereocenters. The molecule has 4 aliphatic rings. The topological polar surface area (TPSA) is 20.3 Å². The van der Waals surface area contributed by atoms with Crippen LogP contribution in [0.5, 0.6) is 0 Å². The first kappa shape index (κ1) is 14.4. The van der Waals surface area contributed by atoms with Gasteiger partial charge in [0.2, 0.25) is 0 Å². The van der Waals surface area contributed by atoms with Crippen molar-refractivity contribution in [3.05, 3.63) is 71.8 Å². The van der Waals surface area contributed by atoms with Crippen molar-refractivity contribution in [2.24, 2.45) is 5.92 Å². The van der Waals surface area contributed by atoms with Crippen LogP contribution in [0.15, 0.2) is 60.7 Å². The van der Waals surface area contributed by atoms with Gasteiger partial charge in [0.25, 0.3) is 0 Å². The molecule has 6 rings (SSSR count). The highest BCUT2D eigenvalue weighted by Gasteiger charge is 2.55. The van der Waals surface area contributed by atoms with Crippen LogP contribution in [-0.4, -0.2) is 28.8 Å². The average Bonchev–Trinajstić information content (AvgIpc) is 2.91. The van der Waals surface area contributed by atoms with Gasteiger partial charge < -0.3 is 0 Å². The zero-order chi connectivity index (χ0) is 16.1. The smallest absolute Gasteiger partial charge is 0.154 e. The summed E-state index contributed by atoms with van der Waals surface area (Å²) in [6.45, 7) is 0. The van der Waals surface area contributed by atoms with Crippen molar-refractivity contribution < 1.29 is 4.79 Å². The van der Waals surface area contributed by atoms with Crippen LogP contribution in [0.1, 0.15) is 42.7 Å². The quantitative estimate of drug-likeness (QED) is 0.852. The molecule has 4 bridgehead atoms. The summed E-state index contributed by atoms with van der Waals surface area (Å²) in [5.74, 6) is 0.945. The third kappa shape index (κ3) is 2.09. The van der Waals surface area contributed by atoms with Crippen molar-refractivity contribution in [2.45, 2.75) is 49.7 Å². The van der Waals surface area contributed by atoms with Gasteiger partial charge in [-0.15, -0.1) is 0 Å². The molecule has 4 saturated heterocycles. The van der Waals surface area contributed by atoms with Crippen LogP contribution in [0, 0.1) is 5.92 Å². The van der Waals surface area contributed by atoms with E-state index < -0.39 is 0 Å². The second-order valence-corrected chi connectivity index (χ2v) is 7.65. The van der Waals surface area contributed by atoms with Gasteiger partial charge in [-0.05, 0) is 36.8 Å². The van der Waals surface area contributed by atoms with Gasteiger partial charge in [-0.2, -0.15) is 0 Å². The van der Waals surface area contributed by atoms with Gasteiger partial charge in [0, 0.05) is 23.9 Å². The molecule has 4 aliphatic heterocycles. The fourth-order valence-electron chi connectivity index (χ4n) is 5.50. The Labute approximate surface area is 143 Å². The van der Waals surface area contributed by atoms with Gasteiger partial charge in [0.05, 0.1) is 6.04 Å². The number of piperidine rings is 3. The van der Waals surface area contributed by atoms with Crippen molar-refractivity contribution in [1.82, 2.24) is 4.90 Å². The molecule has 0 amide bonds. The van der Waals surface area contributed by atoms with Gasteiger partial charge >= 0.3 is 0 Å². The number of Topliss-reactive ketones (excluding diaryl/α,β-unsaturated/α-hetero) is 1. The Morgan fingerprint density at radius 2 is 1.29 bits per heavy atom. The summed E-state index contributed by atoms with van der Waals surface area (Å²) in [6, 6.07) is 22.6. The number of ketones is 1. The number of carbonyl (C=O) groups is 1. The van der Waals surface area contributed by atoms with Crippen LogP contribution in [0.4, 0.5) is 0 Å². The summed E-state index contributed by atoms with van der Waals surface area (Å²) in [4.78, 5) is 15.9. The number of hydrogen-bond acceptors (Lipinski definition) is 2. The molecular formula is C22H23NO. The lowest BCUT2D eigenvalue weighted by Crippen LogP contribution is -2.62. The second kappa shape index (κ2) is 5.56. The van der Waals surface area contributed by atoms with Gasteiger partial charge in [-0.1, -0.05) is 60.7 Å². The number of carbonyl (C=O) groups excluding carboxylic acids is 1. The normalized spacial score (nSPS) is 34.0. The highest BCUT2D eigenvalue weighted by molar-refractivity contribution is 5.90. The van der Waals surface area contributed by atoms with E-state index >= 15 is 0 Å². The first-order valence-electron chi connectivity index (χ1n) is 9.24. The van der Waals surface area contributed by atoms with Crippen molar-refractivity contribution in [3.63, 3.8) is 0 Å². The van der Waals surface area contributed by atoms with Crippen LogP contribution in [0.25, 0.3) is 0 Å². The maximum Gasteiger partial charge on any atom is 0.154 e. The van der Waals surface area contributed by atoms with Crippen molar-refractivity contribution >= 4 is 5.78 Å². The summed E-state index contributed by atoms with van der Waals surface area (Å²) in [5, 5.41) is 0. The molecule has 24 heavy (non-hydrogen) atoms. The minimum atomic E-state index is 0.0276. The van der Waals surface area contributed by atoms with E-state index in [1.807, 2.05) is 0 Å². The van der Waals surface area contributed by atoms with Crippen LogP contribution in [0.2, 0.25) is 0 Å². The Morgan fingerprint density at radius 3 is 1.79 bits per heavy atom. The minimum Gasteiger partial charge on any atom is -0.298 e. The lowest BCUT2D eigenvalue weighted by Gasteiger charge is -2.52. The molecule has 2 aromatic rings. The molecule has 0 aromatic heterocycles. The fraction of sp³-hybridized carbons (Fsp3) is 0.409. The van der Waals surface area contributed by atoms with Crippen molar-refractivity contribution in [3.8, 4) is 0 Å². The van der Waals surface area contributed by atoms with Gasteiger partial charge in [0.1, 0.15) is 0 Å². The number of nitrogens with zero attached hydrogens (tertiary/aromatic N) is 1. The largest absolute Gasteiger partial charge is 0.298 e. The average molecular weight is 317 g/mol. The van der Waals surface area contributed by atoms with Gasteiger partial charge in [-0.3, -0.25) is 9.69 Å². The van der Waals surface area contributed by atoms with Crippen LogP contribution >= 0.6 is 0 Å². The molecule has 4 fully saturated rings. The Hall–Kier alpha value is -1.93. The Bertz CT molecular complexity index is 688. The number of benzene rings is 2. The first-order valence-corrected chi connectivity index (χ1v) is 9.24. The van der Waals surface area contributed by atoms with E-state index in [0.29, 0.717) is 23.8 Å². The zero-order valence-electron chi connectivity index (χ0n) is 13.8. The molecule has 2 nitrogen and oxygen atoms in total. The third-order valence-electron chi connectivity index (χ3n) is 6.44. The summed E-state index contributed by atoms with van der Waals surface area (Å²) >= 11 is 0.